The minimum atomic E-state index is -1.54. The first-order valence-corrected chi connectivity index (χ1v) is 9.30. The van der Waals surface area contributed by atoms with Gasteiger partial charge >= 0.3 is 0 Å². The van der Waals surface area contributed by atoms with Gasteiger partial charge in [0.15, 0.2) is 5.60 Å². The summed E-state index contributed by atoms with van der Waals surface area (Å²) in [6, 6.07) is 7.07. The Bertz CT molecular complexity index is 660. The van der Waals surface area contributed by atoms with E-state index >= 15 is 0 Å². The van der Waals surface area contributed by atoms with E-state index in [9.17, 15) is 9.90 Å². The van der Waals surface area contributed by atoms with Crippen LogP contribution in [0.1, 0.15) is 44.6 Å². The molecule has 1 spiro atoms. The van der Waals surface area contributed by atoms with Crippen LogP contribution in [0.4, 0.5) is 0 Å². The molecular weight excluding hydrogens is 326 g/mol. The van der Waals surface area contributed by atoms with E-state index in [2.05, 4.69) is 5.32 Å². The van der Waals surface area contributed by atoms with Gasteiger partial charge in [-0.2, -0.15) is 0 Å². The van der Waals surface area contributed by atoms with Crippen LogP contribution in [-0.4, -0.2) is 29.8 Å². The van der Waals surface area contributed by atoms with Crippen LogP contribution in [0.15, 0.2) is 24.3 Å². The lowest BCUT2D eigenvalue weighted by Crippen LogP contribution is -2.72. The van der Waals surface area contributed by atoms with Crippen molar-refractivity contribution in [3.05, 3.63) is 34.9 Å². The Morgan fingerprint density at radius 2 is 2.29 bits per heavy atom. The summed E-state index contributed by atoms with van der Waals surface area (Å²) < 4.78 is 5.90. The van der Waals surface area contributed by atoms with E-state index in [1.165, 1.54) is 6.42 Å². The van der Waals surface area contributed by atoms with E-state index in [0.29, 0.717) is 29.0 Å². The van der Waals surface area contributed by atoms with Crippen molar-refractivity contribution >= 4 is 17.5 Å². The van der Waals surface area contributed by atoms with Gasteiger partial charge in [-0.25, -0.2) is 0 Å². The average Bonchev–Trinajstić information content (AvgIpc) is 2.95. The highest BCUT2D eigenvalue weighted by Crippen LogP contribution is 2.62. The third-order valence-electron chi connectivity index (χ3n) is 6.51. The fourth-order valence-electron chi connectivity index (χ4n) is 4.96. The van der Waals surface area contributed by atoms with E-state index in [0.717, 1.165) is 25.9 Å². The number of benzene rings is 1. The number of hydrogen-bond acceptors (Lipinski definition) is 3. The van der Waals surface area contributed by atoms with E-state index in [-0.39, 0.29) is 17.4 Å². The number of hydrogen-bond donors (Lipinski definition) is 2. The molecule has 1 aliphatic heterocycles. The molecule has 0 unspecified atom stereocenters. The summed E-state index contributed by atoms with van der Waals surface area (Å²) >= 11 is 6.05. The summed E-state index contributed by atoms with van der Waals surface area (Å²) in [5, 5.41) is 14.8. The SMILES string of the molecule is CC[C@](O)(C(=O)N[C@@H]1[C@@H]2CCO[C@H]2C12CCC2)c1cccc(Cl)c1. The molecule has 3 aliphatic rings. The molecule has 0 aromatic heterocycles. The van der Waals surface area contributed by atoms with Gasteiger partial charge in [-0.3, -0.25) is 4.79 Å². The smallest absolute Gasteiger partial charge is 0.256 e. The predicted molar refractivity (Wildman–Crippen MR) is 91.7 cm³/mol. The number of rotatable bonds is 4. The maximum Gasteiger partial charge on any atom is 0.256 e. The van der Waals surface area contributed by atoms with Crippen LogP contribution < -0.4 is 5.32 Å². The largest absolute Gasteiger partial charge is 0.377 e. The van der Waals surface area contributed by atoms with Crippen molar-refractivity contribution in [2.45, 2.75) is 56.8 Å². The van der Waals surface area contributed by atoms with Crippen molar-refractivity contribution in [1.82, 2.24) is 5.32 Å². The highest BCUT2D eigenvalue weighted by Gasteiger charge is 2.67. The third kappa shape index (κ3) is 2.16. The van der Waals surface area contributed by atoms with Crippen molar-refractivity contribution in [3.63, 3.8) is 0 Å². The summed E-state index contributed by atoms with van der Waals surface area (Å²) in [5.41, 5.74) is -0.878. The maximum atomic E-state index is 13.0. The number of ether oxygens (including phenoxy) is 1. The molecule has 24 heavy (non-hydrogen) atoms. The Morgan fingerprint density at radius 1 is 1.50 bits per heavy atom. The molecule has 1 amide bonds. The molecule has 3 fully saturated rings. The third-order valence-corrected chi connectivity index (χ3v) is 6.75. The van der Waals surface area contributed by atoms with E-state index in [1.807, 2.05) is 6.92 Å². The Morgan fingerprint density at radius 3 is 2.92 bits per heavy atom. The molecule has 4 nitrogen and oxygen atoms in total. The second-order valence-electron chi connectivity index (χ2n) is 7.51. The summed E-state index contributed by atoms with van der Waals surface area (Å²) in [4.78, 5) is 13.0. The zero-order chi connectivity index (χ0) is 16.9. The van der Waals surface area contributed by atoms with Crippen LogP contribution in [0.3, 0.4) is 0 Å². The lowest BCUT2D eigenvalue weighted by atomic mass is 9.46. The lowest BCUT2D eigenvalue weighted by molar-refractivity contribution is -0.184. The standard InChI is InChI=1S/C19H24ClNO3/c1-2-19(23,12-5-3-6-13(20)11-12)17(22)21-15-14-7-10-24-16(14)18(15)8-4-9-18/h3,5-6,11,14-16,23H,2,4,7-10H2,1H3,(H,21,22)/t14-,15+,16+,19+/m0/s1. The molecule has 2 saturated carbocycles. The van der Waals surface area contributed by atoms with Gasteiger partial charge in [0.2, 0.25) is 0 Å². The number of fused-ring (bicyclic) bond motifs is 2. The predicted octanol–water partition coefficient (Wildman–Crippen LogP) is 3.01. The highest BCUT2D eigenvalue weighted by atomic mass is 35.5. The summed E-state index contributed by atoms with van der Waals surface area (Å²) in [6.45, 7) is 2.61. The van der Waals surface area contributed by atoms with Gasteiger partial charge in [-0.15, -0.1) is 0 Å². The number of carbonyl (C=O) groups excluding carboxylic acids is 1. The van der Waals surface area contributed by atoms with Crippen molar-refractivity contribution in [3.8, 4) is 0 Å². The fourth-order valence-corrected chi connectivity index (χ4v) is 5.15. The van der Waals surface area contributed by atoms with Crippen molar-refractivity contribution in [2.75, 3.05) is 6.61 Å². The van der Waals surface area contributed by atoms with Gasteiger partial charge in [0.1, 0.15) is 0 Å². The van der Waals surface area contributed by atoms with Gasteiger partial charge in [0.05, 0.1) is 6.10 Å². The van der Waals surface area contributed by atoms with Crippen molar-refractivity contribution in [2.24, 2.45) is 11.3 Å². The quantitative estimate of drug-likeness (QED) is 0.878. The fraction of sp³-hybridized carbons (Fsp3) is 0.632. The second kappa shape index (κ2) is 5.72. The van der Waals surface area contributed by atoms with Gasteiger partial charge in [0.25, 0.3) is 5.91 Å². The lowest BCUT2D eigenvalue weighted by Gasteiger charge is -2.63. The first-order valence-electron chi connectivity index (χ1n) is 8.92. The number of halogens is 1. The van der Waals surface area contributed by atoms with Crippen LogP contribution in [-0.2, 0) is 15.1 Å². The molecule has 4 rings (SSSR count). The molecule has 0 radical (unpaired) electrons. The summed E-state index contributed by atoms with van der Waals surface area (Å²) in [7, 11) is 0. The zero-order valence-corrected chi connectivity index (χ0v) is 14.7. The molecular formula is C19H24ClNO3. The molecule has 1 saturated heterocycles. The molecule has 1 aromatic rings. The van der Waals surface area contributed by atoms with E-state index < -0.39 is 5.60 Å². The van der Waals surface area contributed by atoms with Gasteiger partial charge in [-0.1, -0.05) is 37.1 Å². The first kappa shape index (κ1) is 16.4. The second-order valence-corrected chi connectivity index (χ2v) is 7.94. The van der Waals surface area contributed by atoms with Crippen LogP contribution in [0, 0.1) is 11.3 Å². The normalized spacial score (nSPS) is 32.4. The maximum absolute atomic E-state index is 13.0. The Kier molecular flexibility index (Phi) is 3.90. The van der Waals surface area contributed by atoms with Gasteiger partial charge in [0, 0.05) is 29.0 Å². The van der Waals surface area contributed by atoms with Gasteiger partial charge in [-0.05, 0) is 43.4 Å². The average molecular weight is 350 g/mol. The monoisotopic (exact) mass is 349 g/mol. The number of aliphatic hydroxyl groups is 1. The molecule has 5 heteroatoms. The molecule has 130 valence electrons. The first-order chi connectivity index (χ1) is 11.5. The zero-order valence-electron chi connectivity index (χ0n) is 13.9. The Labute approximate surface area is 147 Å². The van der Waals surface area contributed by atoms with Crippen molar-refractivity contribution in [1.29, 1.82) is 0 Å². The number of carbonyl (C=O) groups is 1. The highest BCUT2D eigenvalue weighted by molar-refractivity contribution is 6.30. The molecule has 1 aromatic carbocycles. The molecule has 2 aliphatic carbocycles. The van der Waals surface area contributed by atoms with Crippen LogP contribution in [0.5, 0.6) is 0 Å². The minimum Gasteiger partial charge on any atom is -0.377 e. The molecule has 2 N–H and O–H groups in total. The van der Waals surface area contributed by atoms with Crippen molar-refractivity contribution < 1.29 is 14.6 Å². The molecule has 4 atom stereocenters. The number of amides is 1. The van der Waals surface area contributed by atoms with Crippen LogP contribution in [0.2, 0.25) is 5.02 Å². The van der Waals surface area contributed by atoms with Crippen LogP contribution in [0.25, 0.3) is 0 Å². The van der Waals surface area contributed by atoms with Crippen LogP contribution >= 0.6 is 11.6 Å². The molecule has 1 heterocycles. The number of nitrogens with one attached hydrogen (secondary N) is 1. The Balaban J connectivity index is 1.56. The topological polar surface area (TPSA) is 58.6 Å². The Hall–Kier alpha value is -1.10. The summed E-state index contributed by atoms with van der Waals surface area (Å²) in [5.74, 6) is 0.0867. The molecule has 0 bridgehead atoms. The van der Waals surface area contributed by atoms with Gasteiger partial charge < -0.3 is 15.2 Å². The summed E-state index contributed by atoms with van der Waals surface area (Å²) in [6.07, 6.45) is 5.03. The minimum absolute atomic E-state index is 0.111. The van der Waals surface area contributed by atoms with E-state index in [4.69, 9.17) is 16.3 Å². The van der Waals surface area contributed by atoms with E-state index in [1.54, 1.807) is 24.3 Å².